The Balaban J connectivity index is 1.07. The zero-order chi connectivity index (χ0) is 27.9. The third-order valence-electron chi connectivity index (χ3n) is 8.14. The van der Waals surface area contributed by atoms with Crippen molar-refractivity contribution in [2.45, 2.75) is 44.7 Å². The van der Waals surface area contributed by atoms with E-state index in [-0.39, 0.29) is 17.9 Å². The molecule has 5 rings (SSSR count). The molecule has 2 fully saturated rings. The molecule has 0 aliphatic carbocycles. The van der Waals surface area contributed by atoms with E-state index >= 15 is 0 Å². The van der Waals surface area contributed by atoms with Crippen molar-refractivity contribution < 1.29 is 14.3 Å². The first kappa shape index (κ1) is 27.5. The molecule has 0 aromatic heterocycles. The molecule has 2 aliphatic heterocycles. The van der Waals surface area contributed by atoms with Crippen molar-refractivity contribution in [3.63, 3.8) is 0 Å². The average molecular weight is 536 g/mol. The average Bonchev–Trinajstić information content (AvgIpc) is 3.01. The normalized spacial score (nSPS) is 16.6. The maximum atomic E-state index is 13.1. The highest BCUT2D eigenvalue weighted by atomic mass is 16.5. The number of benzene rings is 3. The third kappa shape index (κ3) is 6.55. The first-order chi connectivity index (χ1) is 19.5. The van der Waals surface area contributed by atoms with Crippen LogP contribution >= 0.6 is 0 Å². The Hall–Kier alpha value is -4.08. The highest BCUT2D eigenvalue weighted by Crippen LogP contribution is 2.24. The van der Waals surface area contributed by atoms with Crippen molar-refractivity contribution in [1.82, 2.24) is 15.1 Å². The molecule has 3 aromatic carbocycles. The lowest BCUT2D eigenvalue weighted by Crippen LogP contribution is -2.51. The van der Waals surface area contributed by atoms with Crippen LogP contribution in [-0.4, -0.2) is 67.0 Å². The molecule has 2 saturated heterocycles. The van der Waals surface area contributed by atoms with Crippen LogP contribution in [-0.2, 0) is 0 Å². The van der Waals surface area contributed by atoms with Crippen LogP contribution in [0.5, 0.6) is 5.75 Å². The van der Waals surface area contributed by atoms with Crippen LogP contribution in [0, 0.1) is 18.8 Å². The van der Waals surface area contributed by atoms with E-state index in [1.165, 1.54) is 0 Å². The second-order valence-electron chi connectivity index (χ2n) is 10.6. The van der Waals surface area contributed by atoms with Gasteiger partial charge in [-0.25, -0.2) is 0 Å². The van der Waals surface area contributed by atoms with E-state index in [1.54, 1.807) is 7.11 Å². The summed E-state index contributed by atoms with van der Waals surface area (Å²) in [6.45, 7) is 5.39. The van der Waals surface area contributed by atoms with Crippen LogP contribution in [0.2, 0.25) is 0 Å². The number of nitrogens with zero attached hydrogens (tertiary/aromatic N) is 2. The smallest absolute Gasteiger partial charge is 0.253 e. The van der Waals surface area contributed by atoms with Gasteiger partial charge in [0.1, 0.15) is 5.75 Å². The summed E-state index contributed by atoms with van der Waals surface area (Å²) in [5.41, 5.74) is 4.13. The summed E-state index contributed by atoms with van der Waals surface area (Å²) in [6.07, 6.45) is 3.83. The zero-order valence-electron chi connectivity index (χ0n) is 23.4. The van der Waals surface area contributed by atoms with Gasteiger partial charge >= 0.3 is 0 Å². The summed E-state index contributed by atoms with van der Waals surface area (Å²) in [5.74, 6) is 7.13. The number of rotatable bonds is 5. The minimum Gasteiger partial charge on any atom is -0.496 e. The van der Waals surface area contributed by atoms with E-state index in [0.29, 0.717) is 17.2 Å². The van der Waals surface area contributed by atoms with Crippen LogP contribution in [0.3, 0.4) is 0 Å². The van der Waals surface area contributed by atoms with E-state index in [1.807, 2.05) is 84.6 Å². The van der Waals surface area contributed by atoms with Crippen LogP contribution in [0.1, 0.15) is 63.1 Å². The molecule has 206 valence electrons. The molecular formula is C34H37N3O3. The Morgan fingerprint density at radius 3 is 2.10 bits per heavy atom. The lowest BCUT2D eigenvalue weighted by Gasteiger charge is -2.42. The molecule has 2 heterocycles. The predicted molar refractivity (Wildman–Crippen MR) is 158 cm³/mol. The Labute approximate surface area is 237 Å². The number of hydrogen-bond donors (Lipinski definition) is 1. The Morgan fingerprint density at radius 1 is 0.800 bits per heavy atom. The van der Waals surface area contributed by atoms with Gasteiger partial charge in [-0.15, -0.1) is 0 Å². The second kappa shape index (κ2) is 12.8. The van der Waals surface area contributed by atoms with Gasteiger partial charge in [-0.3, -0.25) is 9.59 Å². The molecule has 0 spiro atoms. The summed E-state index contributed by atoms with van der Waals surface area (Å²) in [4.78, 5) is 30.5. The van der Waals surface area contributed by atoms with E-state index < -0.39 is 0 Å². The van der Waals surface area contributed by atoms with Gasteiger partial charge in [-0.05, 0) is 81.1 Å². The Morgan fingerprint density at radius 2 is 1.45 bits per heavy atom. The summed E-state index contributed by atoms with van der Waals surface area (Å²) >= 11 is 0. The number of hydrogen-bond acceptors (Lipinski definition) is 4. The van der Waals surface area contributed by atoms with Gasteiger partial charge in [0.2, 0.25) is 0 Å². The molecule has 40 heavy (non-hydrogen) atoms. The SMILES string of the molecule is COc1cccc(C(=O)NC2CCN(C3CCN(C(=O)c4ccc(C#Cc5ccccc5)cc4)CC3)CC2)c1C. The molecular weight excluding hydrogens is 498 g/mol. The van der Waals surface area contributed by atoms with Crippen LogP contribution in [0.4, 0.5) is 0 Å². The van der Waals surface area contributed by atoms with Gasteiger partial charge < -0.3 is 19.9 Å². The minimum atomic E-state index is -0.0297. The second-order valence-corrected chi connectivity index (χ2v) is 10.6. The number of likely N-dealkylation sites (tertiary alicyclic amines) is 2. The summed E-state index contributed by atoms with van der Waals surface area (Å²) in [7, 11) is 1.63. The van der Waals surface area contributed by atoms with E-state index in [4.69, 9.17) is 4.74 Å². The molecule has 1 N–H and O–H groups in total. The minimum absolute atomic E-state index is 0.0297. The van der Waals surface area contributed by atoms with Crippen LogP contribution in [0.15, 0.2) is 72.8 Å². The van der Waals surface area contributed by atoms with Gasteiger partial charge in [-0.1, -0.05) is 36.1 Å². The number of ether oxygens (including phenoxy) is 1. The lowest BCUT2D eigenvalue weighted by molar-refractivity contribution is 0.0566. The van der Waals surface area contributed by atoms with Gasteiger partial charge in [-0.2, -0.15) is 0 Å². The molecule has 3 aromatic rings. The summed E-state index contributed by atoms with van der Waals surface area (Å²) in [6, 6.07) is 23.8. The quantitative estimate of drug-likeness (QED) is 0.472. The first-order valence-electron chi connectivity index (χ1n) is 14.2. The highest BCUT2D eigenvalue weighted by molar-refractivity contribution is 5.96. The molecule has 0 radical (unpaired) electrons. The maximum Gasteiger partial charge on any atom is 0.253 e. The fourth-order valence-electron chi connectivity index (χ4n) is 5.73. The molecule has 0 bridgehead atoms. The topological polar surface area (TPSA) is 61.9 Å². The van der Waals surface area contributed by atoms with Gasteiger partial charge in [0.05, 0.1) is 7.11 Å². The van der Waals surface area contributed by atoms with Crippen molar-refractivity contribution in [2.24, 2.45) is 0 Å². The number of carbonyl (C=O) groups excluding carboxylic acids is 2. The van der Waals surface area contributed by atoms with Gasteiger partial charge in [0.25, 0.3) is 11.8 Å². The number of amides is 2. The molecule has 0 saturated carbocycles. The number of nitrogens with one attached hydrogen (secondary N) is 1. The van der Waals surface area contributed by atoms with Crippen LogP contribution < -0.4 is 10.1 Å². The monoisotopic (exact) mass is 535 g/mol. The largest absolute Gasteiger partial charge is 0.496 e. The predicted octanol–water partition coefficient (Wildman–Crippen LogP) is 4.90. The van der Waals surface area contributed by atoms with Gasteiger partial charge in [0, 0.05) is 66.1 Å². The van der Waals surface area contributed by atoms with Gasteiger partial charge in [0.15, 0.2) is 0 Å². The first-order valence-corrected chi connectivity index (χ1v) is 14.2. The highest BCUT2D eigenvalue weighted by Gasteiger charge is 2.30. The third-order valence-corrected chi connectivity index (χ3v) is 8.14. The van der Waals surface area contributed by atoms with Crippen molar-refractivity contribution in [3.05, 3.63) is 101 Å². The van der Waals surface area contributed by atoms with E-state index in [2.05, 4.69) is 22.1 Å². The summed E-state index contributed by atoms with van der Waals surface area (Å²) < 4.78 is 5.37. The standard InChI is InChI=1S/C34H37N3O3/c1-25-31(9-6-10-32(25)40-2)33(38)35-29-17-21-36(22-18-29)30-19-23-37(24-20-30)34(39)28-15-13-27(14-16-28)12-11-26-7-4-3-5-8-26/h3-10,13-16,29-30H,17-24H2,1-2H3,(H,35,38). The fourth-order valence-corrected chi connectivity index (χ4v) is 5.73. The molecule has 6 heteroatoms. The van der Waals surface area contributed by atoms with Crippen molar-refractivity contribution in [2.75, 3.05) is 33.3 Å². The molecule has 2 amide bonds. The fraction of sp³-hybridized carbons (Fsp3) is 0.353. The molecule has 0 atom stereocenters. The molecule has 0 unspecified atom stereocenters. The lowest BCUT2D eigenvalue weighted by atomic mass is 9.97. The maximum absolute atomic E-state index is 13.1. The Bertz CT molecular complexity index is 1380. The van der Waals surface area contributed by atoms with Crippen molar-refractivity contribution in [1.29, 1.82) is 0 Å². The van der Waals surface area contributed by atoms with Crippen molar-refractivity contribution >= 4 is 11.8 Å². The number of piperidine rings is 2. The number of methoxy groups -OCH3 is 1. The zero-order valence-corrected chi connectivity index (χ0v) is 23.4. The molecule has 6 nitrogen and oxygen atoms in total. The van der Waals surface area contributed by atoms with Crippen molar-refractivity contribution in [3.8, 4) is 17.6 Å². The molecule has 2 aliphatic rings. The van der Waals surface area contributed by atoms with Crippen LogP contribution in [0.25, 0.3) is 0 Å². The van der Waals surface area contributed by atoms with E-state index in [9.17, 15) is 9.59 Å². The summed E-state index contributed by atoms with van der Waals surface area (Å²) in [5, 5.41) is 3.23. The Kier molecular flexibility index (Phi) is 8.83. The van der Waals surface area contributed by atoms with E-state index in [0.717, 1.165) is 74.3 Å². The number of carbonyl (C=O) groups is 2.